The predicted octanol–water partition coefficient (Wildman–Crippen LogP) is 1.73. The van der Waals surface area contributed by atoms with Crippen LogP contribution in [-0.4, -0.2) is 30.9 Å². The Morgan fingerprint density at radius 2 is 2.12 bits per heavy atom. The van der Waals surface area contributed by atoms with Gasteiger partial charge in [-0.05, 0) is 31.5 Å². The summed E-state index contributed by atoms with van der Waals surface area (Å²) in [6.45, 7) is 5.72. The lowest BCUT2D eigenvalue weighted by Gasteiger charge is -2.15. The molecule has 0 saturated carbocycles. The molecule has 0 heterocycles. The van der Waals surface area contributed by atoms with Gasteiger partial charge in [0.25, 0.3) is 0 Å². The molecule has 0 saturated heterocycles. The van der Waals surface area contributed by atoms with Crippen molar-refractivity contribution in [3.05, 3.63) is 29.8 Å². The van der Waals surface area contributed by atoms with Crippen molar-refractivity contribution in [3.63, 3.8) is 0 Å². The normalized spacial score (nSPS) is 12.4. The van der Waals surface area contributed by atoms with Crippen LogP contribution >= 0.6 is 0 Å². The van der Waals surface area contributed by atoms with Crippen LogP contribution in [0.5, 0.6) is 5.75 Å². The Kier molecular flexibility index (Phi) is 5.90. The highest BCUT2D eigenvalue weighted by molar-refractivity contribution is 5.31. The molecule has 0 spiro atoms. The molecule has 90 valence electrons. The molecule has 3 nitrogen and oxygen atoms in total. The molecule has 0 amide bonds. The Hall–Kier alpha value is -1.06. The van der Waals surface area contributed by atoms with Gasteiger partial charge in [-0.15, -0.1) is 0 Å². The highest BCUT2D eigenvalue weighted by Gasteiger charge is 2.05. The summed E-state index contributed by atoms with van der Waals surface area (Å²) in [6, 6.07) is 8.10. The third-order valence-corrected chi connectivity index (χ3v) is 2.53. The molecule has 0 aliphatic rings. The molecular weight excluding hydrogens is 202 g/mol. The third-order valence-electron chi connectivity index (χ3n) is 2.53. The van der Waals surface area contributed by atoms with Crippen molar-refractivity contribution >= 4 is 0 Å². The lowest BCUT2D eigenvalue weighted by molar-refractivity contribution is 0.210. The fraction of sp³-hybridized carbons (Fsp3) is 0.538. The Morgan fingerprint density at radius 1 is 1.38 bits per heavy atom. The number of aryl methyl sites for hydroxylation is 1. The summed E-state index contributed by atoms with van der Waals surface area (Å²) in [5.74, 6) is 0.927. The van der Waals surface area contributed by atoms with Crippen LogP contribution in [0.3, 0.4) is 0 Å². The number of nitrogens with one attached hydrogen (secondary N) is 1. The van der Waals surface area contributed by atoms with Crippen LogP contribution in [0.15, 0.2) is 24.3 Å². The second-order valence-corrected chi connectivity index (χ2v) is 3.84. The monoisotopic (exact) mass is 223 g/mol. The van der Waals surface area contributed by atoms with Crippen LogP contribution in [0.1, 0.15) is 18.9 Å². The van der Waals surface area contributed by atoms with Crippen molar-refractivity contribution in [1.29, 1.82) is 0 Å². The molecule has 0 aliphatic heterocycles. The van der Waals surface area contributed by atoms with Gasteiger partial charge < -0.3 is 15.2 Å². The minimum Gasteiger partial charge on any atom is -0.493 e. The first-order valence-electron chi connectivity index (χ1n) is 5.80. The number of aliphatic hydroxyl groups is 1. The number of para-hydroxylation sites is 1. The van der Waals surface area contributed by atoms with E-state index in [9.17, 15) is 0 Å². The molecule has 2 N–H and O–H groups in total. The molecule has 1 rings (SSSR count). The van der Waals surface area contributed by atoms with Crippen LogP contribution < -0.4 is 10.1 Å². The fourth-order valence-corrected chi connectivity index (χ4v) is 1.58. The number of ether oxygens (including phenoxy) is 1. The lowest BCUT2D eigenvalue weighted by Crippen LogP contribution is -2.33. The number of hydrogen-bond donors (Lipinski definition) is 2. The summed E-state index contributed by atoms with van der Waals surface area (Å²) in [7, 11) is 0. The van der Waals surface area contributed by atoms with E-state index in [1.165, 1.54) is 0 Å². The second kappa shape index (κ2) is 7.25. The molecule has 0 bridgehead atoms. The van der Waals surface area contributed by atoms with Crippen LogP contribution in [0.2, 0.25) is 0 Å². The van der Waals surface area contributed by atoms with Crippen LogP contribution in [0.4, 0.5) is 0 Å². The molecule has 0 radical (unpaired) electrons. The SMILES string of the molecule is CCNC(CO)CCOc1ccccc1C. The highest BCUT2D eigenvalue weighted by atomic mass is 16.5. The molecule has 0 aromatic heterocycles. The van der Waals surface area contributed by atoms with E-state index in [0.717, 1.165) is 24.3 Å². The van der Waals surface area contributed by atoms with E-state index in [4.69, 9.17) is 9.84 Å². The van der Waals surface area contributed by atoms with Crippen molar-refractivity contribution in [3.8, 4) is 5.75 Å². The number of aliphatic hydroxyl groups excluding tert-OH is 1. The Balaban J connectivity index is 2.32. The Morgan fingerprint density at radius 3 is 2.75 bits per heavy atom. The zero-order valence-corrected chi connectivity index (χ0v) is 10.1. The number of benzene rings is 1. The van der Waals surface area contributed by atoms with Gasteiger partial charge in [-0.2, -0.15) is 0 Å². The number of likely N-dealkylation sites (N-methyl/N-ethyl adjacent to an activating group) is 1. The standard InChI is InChI=1S/C13H21NO2/c1-3-14-12(10-15)8-9-16-13-7-5-4-6-11(13)2/h4-7,12,14-15H,3,8-10H2,1-2H3. The average Bonchev–Trinajstić information content (AvgIpc) is 2.30. The first-order chi connectivity index (χ1) is 7.77. The summed E-state index contributed by atoms with van der Waals surface area (Å²) in [6.07, 6.45) is 0.818. The molecule has 1 aromatic carbocycles. The van der Waals surface area contributed by atoms with Gasteiger partial charge in [0.1, 0.15) is 5.75 Å². The third kappa shape index (κ3) is 4.21. The van der Waals surface area contributed by atoms with E-state index in [1.54, 1.807) is 0 Å². The Bertz CT molecular complexity index is 302. The van der Waals surface area contributed by atoms with Crippen LogP contribution in [0.25, 0.3) is 0 Å². The van der Waals surface area contributed by atoms with E-state index in [1.807, 2.05) is 38.1 Å². The van der Waals surface area contributed by atoms with Crippen molar-refractivity contribution in [2.45, 2.75) is 26.3 Å². The van der Waals surface area contributed by atoms with Crippen molar-refractivity contribution in [2.24, 2.45) is 0 Å². The smallest absolute Gasteiger partial charge is 0.122 e. The zero-order chi connectivity index (χ0) is 11.8. The van der Waals surface area contributed by atoms with Crippen LogP contribution in [0, 0.1) is 6.92 Å². The van der Waals surface area contributed by atoms with Gasteiger partial charge in [0, 0.05) is 6.04 Å². The number of rotatable bonds is 7. The summed E-state index contributed by atoms with van der Waals surface area (Å²) in [4.78, 5) is 0. The van der Waals surface area contributed by atoms with Gasteiger partial charge >= 0.3 is 0 Å². The first kappa shape index (κ1) is 13.0. The zero-order valence-electron chi connectivity index (χ0n) is 10.1. The summed E-state index contributed by atoms with van der Waals surface area (Å²) < 4.78 is 5.66. The molecule has 0 aliphatic carbocycles. The van der Waals surface area contributed by atoms with Gasteiger partial charge in [0.15, 0.2) is 0 Å². The van der Waals surface area contributed by atoms with E-state index < -0.39 is 0 Å². The van der Waals surface area contributed by atoms with Crippen molar-refractivity contribution in [1.82, 2.24) is 5.32 Å². The maximum Gasteiger partial charge on any atom is 0.122 e. The van der Waals surface area contributed by atoms with E-state index in [-0.39, 0.29) is 12.6 Å². The molecule has 1 aromatic rings. The maximum absolute atomic E-state index is 9.09. The fourth-order valence-electron chi connectivity index (χ4n) is 1.58. The minimum atomic E-state index is 0.133. The summed E-state index contributed by atoms with van der Waals surface area (Å²) in [5.41, 5.74) is 1.14. The van der Waals surface area contributed by atoms with Gasteiger partial charge in [0.2, 0.25) is 0 Å². The van der Waals surface area contributed by atoms with Gasteiger partial charge in [0.05, 0.1) is 13.2 Å². The average molecular weight is 223 g/mol. The summed E-state index contributed by atoms with van der Waals surface area (Å²) >= 11 is 0. The van der Waals surface area contributed by atoms with Gasteiger partial charge in [-0.1, -0.05) is 25.1 Å². The van der Waals surface area contributed by atoms with E-state index >= 15 is 0 Å². The summed E-state index contributed by atoms with van der Waals surface area (Å²) in [5, 5.41) is 12.3. The second-order valence-electron chi connectivity index (χ2n) is 3.84. The first-order valence-corrected chi connectivity index (χ1v) is 5.80. The molecule has 1 unspecified atom stereocenters. The van der Waals surface area contributed by atoms with Gasteiger partial charge in [-0.3, -0.25) is 0 Å². The molecular formula is C13H21NO2. The quantitative estimate of drug-likeness (QED) is 0.739. The van der Waals surface area contributed by atoms with E-state index in [0.29, 0.717) is 6.61 Å². The van der Waals surface area contributed by atoms with Crippen LogP contribution in [-0.2, 0) is 0 Å². The predicted molar refractivity (Wildman–Crippen MR) is 65.8 cm³/mol. The van der Waals surface area contributed by atoms with Crippen molar-refractivity contribution in [2.75, 3.05) is 19.8 Å². The van der Waals surface area contributed by atoms with Crippen molar-refractivity contribution < 1.29 is 9.84 Å². The Labute approximate surface area is 97.4 Å². The van der Waals surface area contributed by atoms with E-state index in [2.05, 4.69) is 5.32 Å². The maximum atomic E-state index is 9.09. The minimum absolute atomic E-state index is 0.133. The molecule has 0 fully saturated rings. The topological polar surface area (TPSA) is 41.5 Å². The van der Waals surface area contributed by atoms with Gasteiger partial charge in [-0.25, -0.2) is 0 Å². The molecule has 3 heteroatoms. The lowest BCUT2D eigenvalue weighted by atomic mass is 10.2. The largest absolute Gasteiger partial charge is 0.493 e. The number of hydrogen-bond acceptors (Lipinski definition) is 3. The molecule has 1 atom stereocenters. The molecule has 16 heavy (non-hydrogen) atoms. The highest BCUT2D eigenvalue weighted by Crippen LogP contribution is 2.16.